The lowest BCUT2D eigenvalue weighted by Crippen LogP contribution is -2.29. The third kappa shape index (κ3) is 4.67. The van der Waals surface area contributed by atoms with E-state index in [2.05, 4.69) is 39.1 Å². The van der Waals surface area contributed by atoms with E-state index < -0.39 is 0 Å². The third-order valence-corrected chi connectivity index (χ3v) is 5.06. The van der Waals surface area contributed by atoms with Gasteiger partial charge in [-0.3, -0.25) is 4.79 Å². The van der Waals surface area contributed by atoms with Crippen LogP contribution < -0.4 is 11.1 Å². The van der Waals surface area contributed by atoms with Crippen LogP contribution in [0.1, 0.15) is 29.9 Å². The van der Waals surface area contributed by atoms with Crippen LogP contribution in [-0.2, 0) is 6.54 Å². The zero-order chi connectivity index (χ0) is 21.8. The smallest absolute Gasteiger partial charge is 0.251 e. The van der Waals surface area contributed by atoms with Crippen LogP contribution in [0, 0.1) is 0 Å². The van der Waals surface area contributed by atoms with Gasteiger partial charge >= 0.3 is 0 Å². The van der Waals surface area contributed by atoms with Crippen LogP contribution in [0.3, 0.4) is 0 Å². The van der Waals surface area contributed by atoms with Crippen LogP contribution in [0.5, 0.6) is 0 Å². The maximum atomic E-state index is 12.3. The zero-order valence-corrected chi connectivity index (χ0v) is 17.7. The number of pyridine rings is 1. The second-order valence-corrected chi connectivity index (χ2v) is 7.82. The van der Waals surface area contributed by atoms with Crippen LogP contribution in [0.25, 0.3) is 22.5 Å². The molecule has 0 saturated carbocycles. The number of carbonyl (C=O) groups is 1. The van der Waals surface area contributed by atoms with Crippen molar-refractivity contribution in [3.63, 3.8) is 0 Å². The molecule has 0 aliphatic heterocycles. The Kier molecular flexibility index (Phi) is 5.85. The molecule has 0 atom stereocenters. The zero-order valence-electron chi connectivity index (χ0n) is 17.7. The van der Waals surface area contributed by atoms with Gasteiger partial charge in [0.2, 0.25) is 0 Å². The Morgan fingerprint density at radius 2 is 1.52 bits per heavy atom. The lowest BCUT2D eigenvalue weighted by molar-refractivity contribution is 0.0943. The fourth-order valence-electron chi connectivity index (χ4n) is 3.64. The highest BCUT2D eigenvalue weighted by molar-refractivity contribution is 5.94. The highest BCUT2D eigenvalue weighted by Crippen LogP contribution is 2.30. The molecule has 4 rings (SSSR count). The molecule has 2 aromatic heterocycles. The average molecular weight is 411 g/mol. The van der Waals surface area contributed by atoms with Crippen molar-refractivity contribution in [2.24, 2.45) is 0 Å². The molecular formula is C26H26N4O. The first-order valence-electron chi connectivity index (χ1n) is 10.4. The van der Waals surface area contributed by atoms with Gasteiger partial charge in [0, 0.05) is 23.0 Å². The molecule has 2 aromatic carbocycles. The molecule has 0 aliphatic carbocycles. The summed E-state index contributed by atoms with van der Waals surface area (Å²) < 4.78 is 2.24. The number of nitrogens with two attached hydrogens (primary N) is 1. The summed E-state index contributed by atoms with van der Waals surface area (Å²) in [7, 11) is 0. The first-order chi connectivity index (χ1) is 15.0. The lowest BCUT2D eigenvalue weighted by Gasteiger charge is -2.15. The predicted octanol–water partition coefficient (Wildman–Crippen LogP) is 4.99. The van der Waals surface area contributed by atoms with Gasteiger partial charge in [-0.1, -0.05) is 48.5 Å². The fraction of sp³-hybridized carbons (Fsp3) is 0.154. The van der Waals surface area contributed by atoms with Crippen molar-refractivity contribution in [3.05, 3.63) is 96.2 Å². The molecule has 0 saturated heterocycles. The molecule has 0 aliphatic rings. The Balaban J connectivity index is 1.74. The number of nitrogens with zero attached hydrogens (tertiary/aromatic N) is 2. The summed E-state index contributed by atoms with van der Waals surface area (Å²) in [5.41, 5.74) is 11.8. The summed E-state index contributed by atoms with van der Waals surface area (Å²) in [5.74, 6) is 0.443. The Bertz CT molecular complexity index is 1180. The molecule has 156 valence electrons. The normalized spacial score (nSPS) is 10.9. The largest absolute Gasteiger partial charge is 0.384 e. The molecule has 5 nitrogen and oxygen atoms in total. The van der Waals surface area contributed by atoms with Crippen molar-refractivity contribution in [2.75, 3.05) is 5.73 Å². The minimum Gasteiger partial charge on any atom is -0.384 e. The molecule has 31 heavy (non-hydrogen) atoms. The molecule has 0 bridgehead atoms. The van der Waals surface area contributed by atoms with Gasteiger partial charge in [-0.05, 0) is 61.4 Å². The van der Waals surface area contributed by atoms with Crippen LogP contribution >= 0.6 is 0 Å². The van der Waals surface area contributed by atoms with E-state index in [9.17, 15) is 4.79 Å². The van der Waals surface area contributed by atoms with Crippen LogP contribution in [0.2, 0.25) is 0 Å². The second kappa shape index (κ2) is 8.88. The second-order valence-electron chi connectivity index (χ2n) is 7.82. The number of anilines is 1. The summed E-state index contributed by atoms with van der Waals surface area (Å²) in [6.45, 7) is 4.50. The van der Waals surface area contributed by atoms with Gasteiger partial charge in [-0.25, -0.2) is 4.98 Å². The summed E-state index contributed by atoms with van der Waals surface area (Å²) in [6, 6.07) is 28.0. The molecule has 0 fully saturated rings. The molecule has 2 heterocycles. The first-order valence-corrected chi connectivity index (χ1v) is 10.4. The Morgan fingerprint density at radius 1 is 0.871 bits per heavy atom. The van der Waals surface area contributed by atoms with E-state index in [1.54, 1.807) is 6.07 Å². The number of nitrogen functional groups attached to an aromatic ring is 1. The number of carbonyl (C=O) groups excluding carboxylic acids is 1. The van der Waals surface area contributed by atoms with E-state index in [1.807, 2.05) is 68.4 Å². The van der Waals surface area contributed by atoms with Crippen molar-refractivity contribution in [3.8, 4) is 22.5 Å². The molecule has 3 N–H and O–H groups in total. The van der Waals surface area contributed by atoms with E-state index in [4.69, 9.17) is 5.73 Å². The maximum absolute atomic E-state index is 12.3. The van der Waals surface area contributed by atoms with E-state index >= 15 is 0 Å². The number of hydrogen-bond donors (Lipinski definition) is 2. The molecule has 0 unspecified atom stereocenters. The van der Waals surface area contributed by atoms with Gasteiger partial charge in [0.25, 0.3) is 5.91 Å². The molecule has 0 radical (unpaired) electrons. The standard InChI is InChI=1S/C26H26N4O/c1-18(2)28-26(31)21-13-11-20(12-14-21)24-16-15-23(19-7-4-3-5-8-19)30(24)17-22-9-6-10-25(27)29-22/h3-16,18H,17H2,1-2H3,(H2,27,29)(H,28,31). The lowest BCUT2D eigenvalue weighted by atomic mass is 10.1. The van der Waals surface area contributed by atoms with Gasteiger partial charge < -0.3 is 15.6 Å². The number of benzene rings is 2. The number of nitrogens with one attached hydrogen (secondary N) is 1. The van der Waals surface area contributed by atoms with Crippen LogP contribution in [0.15, 0.2) is 84.9 Å². The van der Waals surface area contributed by atoms with Gasteiger partial charge in [0.05, 0.1) is 12.2 Å². The summed E-state index contributed by atoms with van der Waals surface area (Å²) in [6.07, 6.45) is 0. The minimum absolute atomic E-state index is 0.0640. The average Bonchev–Trinajstić information content (AvgIpc) is 3.17. The number of aromatic nitrogens is 2. The molecule has 4 aromatic rings. The van der Waals surface area contributed by atoms with Gasteiger partial charge in [-0.2, -0.15) is 0 Å². The Labute approximate surface area is 182 Å². The molecule has 5 heteroatoms. The quantitative estimate of drug-likeness (QED) is 0.470. The predicted molar refractivity (Wildman–Crippen MR) is 126 cm³/mol. The van der Waals surface area contributed by atoms with Crippen LogP contribution in [0.4, 0.5) is 5.82 Å². The third-order valence-electron chi connectivity index (χ3n) is 5.06. The monoisotopic (exact) mass is 410 g/mol. The summed E-state index contributed by atoms with van der Waals surface area (Å²) in [4.78, 5) is 16.8. The van der Waals surface area contributed by atoms with E-state index in [0.717, 1.165) is 28.2 Å². The van der Waals surface area contributed by atoms with E-state index in [0.29, 0.717) is 17.9 Å². The van der Waals surface area contributed by atoms with E-state index in [1.165, 1.54) is 0 Å². The summed E-state index contributed by atoms with van der Waals surface area (Å²) >= 11 is 0. The fourth-order valence-corrected chi connectivity index (χ4v) is 3.64. The highest BCUT2D eigenvalue weighted by Gasteiger charge is 2.14. The Morgan fingerprint density at radius 3 is 2.13 bits per heavy atom. The van der Waals surface area contributed by atoms with Crippen molar-refractivity contribution < 1.29 is 4.79 Å². The van der Waals surface area contributed by atoms with Gasteiger partial charge in [-0.15, -0.1) is 0 Å². The van der Waals surface area contributed by atoms with E-state index in [-0.39, 0.29) is 11.9 Å². The SMILES string of the molecule is CC(C)NC(=O)c1ccc(-c2ccc(-c3ccccc3)n2Cc2cccc(N)n2)cc1. The highest BCUT2D eigenvalue weighted by atomic mass is 16.1. The maximum Gasteiger partial charge on any atom is 0.251 e. The molecule has 1 amide bonds. The van der Waals surface area contributed by atoms with Crippen molar-refractivity contribution >= 4 is 11.7 Å². The molecular weight excluding hydrogens is 384 g/mol. The first kappa shape index (κ1) is 20.4. The topological polar surface area (TPSA) is 72.9 Å². The van der Waals surface area contributed by atoms with Crippen molar-refractivity contribution in [1.29, 1.82) is 0 Å². The summed E-state index contributed by atoms with van der Waals surface area (Å²) in [5, 5.41) is 2.93. The van der Waals surface area contributed by atoms with Gasteiger partial charge in [0.15, 0.2) is 0 Å². The molecule has 0 spiro atoms. The van der Waals surface area contributed by atoms with Gasteiger partial charge in [0.1, 0.15) is 5.82 Å². The van der Waals surface area contributed by atoms with Crippen molar-refractivity contribution in [1.82, 2.24) is 14.9 Å². The van der Waals surface area contributed by atoms with Crippen molar-refractivity contribution in [2.45, 2.75) is 26.4 Å². The van der Waals surface area contributed by atoms with Crippen LogP contribution in [-0.4, -0.2) is 21.5 Å². The number of amides is 1. The number of rotatable bonds is 6. The Hall–Kier alpha value is -3.86. The number of hydrogen-bond acceptors (Lipinski definition) is 3. The minimum atomic E-state index is -0.0640.